The molecule has 3 aliphatic heterocycles. The standard InChI is InChI=1S/C21H27N3O5S.Na/c1-21(2)16(20(28)29)24-17(26)14(19(24)30-21)15(25)18(27)23-10-8-22(9-11-23)12-13-6-4-3-5-7-13;/h3-7,14-16,19,25H,8-12H2,1-2H3,(H,28,29);/q;+1/p-1/t14-,15+,16+,19-;/m1./s1. The van der Waals surface area contributed by atoms with E-state index in [1.165, 1.54) is 22.2 Å². The van der Waals surface area contributed by atoms with Crippen molar-refractivity contribution in [1.29, 1.82) is 0 Å². The molecule has 8 nitrogen and oxygen atoms in total. The molecule has 1 aromatic carbocycles. The van der Waals surface area contributed by atoms with Crippen molar-refractivity contribution in [2.75, 3.05) is 26.2 Å². The number of carbonyl (C=O) groups is 3. The molecular weight excluding hydrogens is 429 g/mol. The van der Waals surface area contributed by atoms with Crippen molar-refractivity contribution in [2.45, 2.75) is 42.7 Å². The van der Waals surface area contributed by atoms with Crippen molar-refractivity contribution < 1.29 is 54.2 Å². The van der Waals surface area contributed by atoms with Crippen LogP contribution in [-0.4, -0.2) is 86.0 Å². The van der Waals surface area contributed by atoms with Gasteiger partial charge in [0.25, 0.3) is 5.91 Å². The summed E-state index contributed by atoms with van der Waals surface area (Å²) in [5.74, 6) is -3.16. The van der Waals surface area contributed by atoms with E-state index in [-0.39, 0.29) is 29.6 Å². The summed E-state index contributed by atoms with van der Waals surface area (Å²) in [6, 6.07) is 9.05. The predicted molar refractivity (Wildman–Crippen MR) is 109 cm³/mol. The van der Waals surface area contributed by atoms with Crippen LogP contribution in [0, 0.1) is 5.92 Å². The topological polar surface area (TPSA) is 104 Å². The van der Waals surface area contributed by atoms with Gasteiger partial charge in [0.1, 0.15) is 12.0 Å². The fourth-order valence-electron chi connectivity index (χ4n) is 4.62. The molecule has 1 aromatic rings. The summed E-state index contributed by atoms with van der Waals surface area (Å²) < 4.78 is -0.736. The molecule has 4 rings (SSSR count). The molecule has 0 unspecified atom stereocenters. The van der Waals surface area contributed by atoms with Crippen molar-refractivity contribution in [3.05, 3.63) is 35.9 Å². The fraction of sp³-hybridized carbons (Fsp3) is 0.571. The zero-order valence-corrected chi connectivity index (χ0v) is 20.9. The van der Waals surface area contributed by atoms with E-state index < -0.39 is 46.0 Å². The first-order valence-electron chi connectivity index (χ1n) is 10.1. The SMILES string of the molecule is CC1(C)S[C@@H]2[C@H]([C@H](O)C(=O)N3CCN(Cc4ccccc4)CC3)C(=O)N2[C@H]1C(=O)[O-].[Na+]. The van der Waals surface area contributed by atoms with Crippen molar-refractivity contribution in [1.82, 2.24) is 14.7 Å². The van der Waals surface area contributed by atoms with Crippen LogP contribution in [0.3, 0.4) is 0 Å². The third-order valence-corrected chi connectivity index (χ3v) is 7.82. The van der Waals surface area contributed by atoms with E-state index in [9.17, 15) is 24.6 Å². The minimum Gasteiger partial charge on any atom is -0.548 e. The Morgan fingerprint density at radius 2 is 1.81 bits per heavy atom. The van der Waals surface area contributed by atoms with Crippen LogP contribution in [0.5, 0.6) is 0 Å². The molecule has 0 radical (unpaired) electrons. The van der Waals surface area contributed by atoms with Gasteiger partial charge in [0.15, 0.2) is 0 Å². The monoisotopic (exact) mass is 455 g/mol. The van der Waals surface area contributed by atoms with Gasteiger partial charge in [-0.2, -0.15) is 0 Å². The number of carboxylic acid groups (broad SMARTS) is 1. The first kappa shape index (κ1) is 24.5. The molecule has 0 aliphatic carbocycles. The Hall–Kier alpha value is -1.10. The maximum atomic E-state index is 12.9. The van der Waals surface area contributed by atoms with E-state index in [2.05, 4.69) is 17.0 Å². The van der Waals surface area contributed by atoms with Crippen LogP contribution in [0.25, 0.3) is 0 Å². The molecule has 0 aromatic heterocycles. The van der Waals surface area contributed by atoms with Crippen molar-refractivity contribution in [2.24, 2.45) is 5.92 Å². The van der Waals surface area contributed by atoms with E-state index in [0.29, 0.717) is 26.2 Å². The van der Waals surface area contributed by atoms with Crippen LogP contribution in [0.15, 0.2) is 30.3 Å². The summed E-state index contributed by atoms with van der Waals surface area (Å²) in [4.78, 5) is 42.1. The van der Waals surface area contributed by atoms with Gasteiger partial charge in [-0.3, -0.25) is 14.5 Å². The average molecular weight is 456 g/mol. The van der Waals surface area contributed by atoms with Crippen LogP contribution >= 0.6 is 11.8 Å². The number of β-lactam (4-membered cyclic amide) rings is 1. The van der Waals surface area contributed by atoms with Gasteiger partial charge in [0.05, 0.1) is 17.4 Å². The number of aliphatic hydroxyl groups is 1. The number of piperazine rings is 1. The number of hydrogen-bond donors (Lipinski definition) is 1. The Morgan fingerprint density at radius 1 is 1.19 bits per heavy atom. The van der Waals surface area contributed by atoms with Gasteiger partial charge < -0.3 is 24.8 Å². The maximum Gasteiger partial charge on any atom is 1.00 e. The number of aliphatic carboxylic acids is 1. The van der Waals surface area contributed by atoms with Gasteiger partial charge in [-0.1, -0.05) is 30.3 Å². The fourth-order valence-corrected chi connectivity index (χ4v) is 6.33. The van der Waals surface area contributed by atoms with E-state index in [0.717, 1.165) is 6.54 Å². The number of benzene rings is 1. The number of thioether (sulfide) groups is 1. The summed E-state index contributed by atoms with van der Waals surface area (Å²) in [6.45, 7) is 6.63. The predicted octanol–water partition coefficient (Wildman–Crippen LogP) is -3.88. The second-order valence-corrected chi connectivity index (χ2v) is 10.4. The largest absolute Gasteiger partial charge is 1.00 e. The average Bonchev–Trinajstić information content (AvgIpc) is 2.96. The molecule has 3 saturated heterocycles. The summed E-state index contributed by atoms with van der Waals surface area (Å²) >= 11 is 1.31. The van der Waals surface area contributed by atoms with E-state index in [4.69, 9.17) is 0 Å². The number of aliphatic hydroxyl groups excluding tert-OH is 1. The van der Waals surface area contributed by atoms with E-state index in [1.54, 1.807) is 18.7 Å². The Kier molecular flexibility index (Phi) is 7.45. The molecule has 1 N–H and O–H groups in total. The first-order chi connectivity index (χ1) is 14.2. The molecule has 10 heteroatoms. The van der Waals surface area contributed by atoms with Crippen molar-refractivity contribution >= 4 is 29.5 Å². The third-order valence-electron chi connectivity index (χ3n) is 6.23. The van der Waals surface area contributed by atoms with Crippen molar-refractivity contribution in [3.8, 4) is 0 Å². The van der Waals surface area contributed by atoms with E-state index >= 15 is 0 Å². The number of rotatable bonds is 5. The smallest absolute Gasteiger partial charge is 0.548 e. The van der Waals surface area contributed by atoms with Crippen LogP contribution in [0.1, 0.15) is 19.4 Å². The molecule has 0 saturated carbocycles. The number of amides is 2. The van der Waals surface area contributed by atoms with Gasteiger partial charge >= 0.3 is 29.6 Å². The number of fused-ring (bicyclic) bond motifs is 1. The number of carbonyl (C=O) groups excluding carboxylic acids is 3. The summed E-state index contributed by atoms with van der Waals surface area (Å²) in [6.07, 6.45) is -1.46. The number of nitrogens with zero attached hydrogens (tertiary/aromatic N) is 3. The molecule has 0 spiro atoms. The molecule has 3 heterocycles. The first-order valence-corrected chi connectivity index (χ1v) is 11.0. The summed E-state index contributed by atoms with van der Waals surface area (Å²) in [7, 11) is 0. The Balaban J connectivity index is 0.00000272. The second-order valence-electron chi connectivity index (χ2n) is 8.64. The van der Waals surface area contributed by atoms with Crippen LogP contribution in [0.2, 0.25) is 0 Å². The zero-order valence-electron chi connectivity index (χ0n) is 18.1. The van der Waals surface area contributed by atoms with Gasteiger partial charge in [-0.15, -0.1) is 11.8 Å². The normalized spacial score (nSPS) is 28.4. The van der Waals surface area contributed by atoms with Crippen LogP contribution < -0.4 is 34.7 Å². The molecule has 2 amide bonds. The molecular formula is C21H26N3NaO5S. The number of hydrogen-bond acceptors (Lipinski definition) is 7. The molecule has 4 atom stereocenters. The third kappa shape index (κ3) is 4.54. The maximum absolute atomic E-state index is 12.9. The zero-order chi connectivity index (χ0) is 21.6. The minimum atomic E-state index is -1.46. The Bertz CT molecular complexity index is 847. The molecule has 3 aliphatic rings. The van der Waals surface area contributed by atoms with Gasteiger partial charge in [-0.25, -0.2) is 0 Å². The Labute approximate surface area is 208 Å². The van der Waals surface area contributed by atoms with Crippen molar-refractivity contribution in [3.63, 3.8) is 0 Å². The van der Waals surface area contributed by atoms with Crippen LogP contribution in [-0.2, 0) is 20.9 Å². The minimum absolute atomic E-state index is 0. The molecule has 31 heavy (non-hydrogen) atoms. The second kappa shape index (κ2) is 9.41. The van der Waals surface area contributed by atoms with Gasteiger partial charge in [-0.05, 0) is 19.4 Å². The molecule has 0 bridgehead atoms. The summed E-state index contributed by atoms with van der Waals surface area (Å²) in [5, 5.41) is 21.7. The molecule has 3 fully saturated rings. The van der Waals surface area contributed by atoms with Crippen LogP contribution in [0.4, 0.5) is 0 Å². The molecule has 162 valence electrons. The summed E-state index contributed by atoms with van der Waals surface area (Å²) in [5.41, 5.74) is 1.21. The van der Waals surface area contributed by atoms with Gasteiger partial charge in [0.2, 0.25) is 5.91 Å². The van der Waals surface area contributed by atoms with Gasteiger partial charge in [0, 0.05) is 37.5 Å². The number of carboxylic acids is 1. The quantitative estimate of drug-likeness (QED) is 0.358. The Morgan fingerprint density at radius 3 is 2.39 bits per heavy atom. The van der Waals surface area contributed by atoms with E-state index in [1.807, 2.05) is 18.2 Å².